The zero-order chi connectivity index (χ0) is 19.6. The van der Waals surface area contributed by atoms with E-state index in [9.17, 15) is 35.1 Å². The summed E-state index contributed by atoms with van der Waals surface area (Å²) in [4.78, 5) is 0. The first-order valence-electron chi connectivity index (χ1n) is 8.66. The van der Waals surface area contributed by atoms with Crippen molar-refractivity contribution in [3.8, 4) is 0 Å². The molecule has 0 aromatic heterocycles. The van der Waals surface area contributed by atoms with Crippen LogP contribution in [0.25, 0.3) is 0 Å². The number of halogens is 8. The number of rotatable bonds is 5. The van der Waals surface area contributed by atoms with Crippen LogP contribution in [0.1, 0.15) is 64.2 Å². The van der Waals surface area contributed by atoms with Gasteiger partial charge in [0.1, 0.15) is 12.3 Å². The fraction of sp³-hybridized carbons (Fsp3) is 1.00. The molecule has 2 rings (SSSR count). The second-order valence-corrected chi connectivity index (χ2v) is 10.3. The Morgan fingerprint density at radius 1 is 0.654 bits per heavy atom. The molecule has 2 aliphatic carbocycles. The lowest BCUT2D eigenvalue weighted by molar-refractivity contribution is -0.147. The highest BCUT2D eigenvalue weighted by molar-refractivity contribution is 8.77. The van der Waals surface area contributed by atoms with Crippen LogP contribution in [0.4, 0.5) is 35.1 Å². The first-order chi connectivity index (χ1) is 11.9. The van der Waals surface area contributed by atoms with Crippen LogP contribution in [0.5, 0.6) is 0 Å². The highest BCUT2D eigenvalue weighted by Crippen LogP contribution is 2.60. The lowest BCUT2D eigenvalue weighted by Gasteiger charge is -2.45. The minimum atomic E-state index is -4.63. The van der Waals surface area contributed by atoms with E-state index in [1.165, 1.54) is 0 Å². The molecule has 2 fully saturated rings. The van der Waals surface area contributed by atoms with Crippen molar-refractivity contribution in [2.75, 3.05) is 0 Å². The van der Waals surface area contributed by atoms with Crippen LogP contribution in [-0.2, 0) is 0 Å². The predicted molar refractivity (Wildman–Crippen MR) is 88.7 cm³/mol. The van der Waals surface area contributed by atoms with Crippen molar-refractivity contribution < 1.29 is 35.1 Å². The van der Waals surface area contributed by atoms with E-state index in [4.69, 9.17) is 0 Å². The van der Waals surface area contributed by atoms with Gasteiger partial charge < -0.3 is 0 Å². The van der Waals surface area contributed by atoms with Crippen LogP contribution in [0.3, 0.4) is 0 Å². The van der Waals surface area contributed by atoms with Gasteiger partial charge in [0.05, 0.1) is 22.3 Å². The average Bonchev–Trinajstić information content (AvgIpc) is 2.48. The maximum absolute atomic E-state index is 14.5. The molecule has 26 heavy (non-hydrogen) atoms. The zero-order valence-corrected chi connectivity index (χ0v) is 15.7. The summed E-state index contributed by atoms with van der Waals surface area (Å²) in [5.41, 5.74) is 0. The smallest absolute Gasteiger partial charge is 0.246 e. The van der Waals surface area contributed by atoms with E-state index in [1.54, 1.807) is 0 Å². The molecule has 0 N–H and O–H groups in total. The van der Waals surface area contributed by atoms with Crippen LogP contribution < -0.4 is 0 Å². The second-order valence-electron chi connectivity index (χ2n) is 7.31. The van der Waals surface area contributed by atoms with Crippen molar-refractivity contribution in [1.82, 2.24) is 0 Å². The van der Waals surface area contributed by atoms with Crippen LogP contribution in [0.2, 0.25) is 0 Å². The molecule has 0 amide bonds. The van der Waals surface area contributed by atoms with E-state index in [1.807, 2.05) is 0 Å². The molecule has 0 heterocycles. The van der Waals surface area contributed by atoms with E-state index in [2.05, 4.69) is 0 Å². The molecule has 4 unspecified atom stereocenters. The first-order valence-corrected chi connectivity index (χ1v) is 10.8. The zero-order valence-electron chi connectivity index (χ0n) is 14.1. The summed E-state index contributed by atoms with van der Waals surface area (Å²) in [6, 6.07) is 0. The summed E-state index contributed by atoms with van der Waals surface area (Å²) in [6.45, 7) is 0. The Bertz CT molecular complexity index is 424. The standard InChI is InChI=1S/C16H22F8S2/c17-11-5-1-3-7-13(11,9-15(19,20)21)25-26-14(10-16(22,23)24)8-4-2-6-12(14)18/h11-12H,1-10H2. The highest BCUT2D eigenvalue weighted by Gasteiger charge is 2.54. The molecule has 0 aromatic rings. The molecule has 2 saturated carbocycles. The predicted octanol–water partition coefficient (Wildman–Crippen LogP) is 7.57. The molecule has 10 heteroatoms. The molecule has 0 nitrogen and oxygen atoms in total. The molecule has 0 aliphatic heterocycles. The maximum atomic E-state index is 14.5. The summed E-state index contributed by atoms with van der Waals surface area (Å²) in [7, 11) is 1.02. The van der Waals surface area contributed by atoms with Gasteiger partial charge in [-0.15, -0.1) is 0 Å². The molecule has 0 bridgehead atoms. The van der Waals surface area contributed by atoms with Crippen molar-refractivity contribution in [3.63, 3.8) is 0 Å². The van der Waals surface area contributed by atoms with Crippen LogP contribution in [0.15, 0.2) is 0 Å². The van der Waals surface area contributed by atoms with Crippen molar-refractivity contribution >= 4 is 21.6 Å². The Kier molecular flexibility index (Phi) is 7.12. The topological polar surface area (TPSA) is 0 Å². The van der Waals surface area contributed by atoms with Gasteiger partial charge in [0.2, 0.25) is 0 Å². The molecule has 0 spiro atoms. The largest absolute Gasteiger partial charge is 0.390 e. The Balaban J connectivity index is 2.22. The van der Waals surface area contributed by atoms with Gasteiger partial charge in [-0.05, 0) is 25.7 Å². The van der Waals surface area contributed by atoms with Crippen LogP contribution >= 0.6 is 21.6 Å². The highest BCUT2D eigenvalue weighted by atomic mass is 33.1. The monoisotopic (exact) mass is 430 g/mol. The van der Waals surface area contributed by atoms with Gasteiger partial charge >= 0.3 is 12.4 Å². The van der Waals surface area contributed by atoms with E-state index in [0.717, 1.165) is 0 Å². The Morgan fingerprint density at radius 2 is 1.00 bits per heavy atom. The maximum Gasteiger partial charge on any atom is 0.390 e. The van der Waals surface area contributed by atoms with E-state index in [-0.39, 0.29) is 25.7 Å². The summed E-state index contributed by atoms with van der Waals surface area (Å²) < 4.78 is 103. The van der Waals surface area contributed by atoms with E-state index < -0.39 is 47.0 Å². The summed E-state index contributed by atoms with van der Waals surface area (Å²) in [5, 5.41) is 0. The third-order valence-electron chi connectivity index (χ3n) is 5.13. The SMILES string of the molecule is FC1CCCCC1(CC(F)(F)F)SSC1(CC(F)(F)F)CCCCC1F. The molecule has 0 saturated heterocycles. The Labute approximate surface area is 155 Å². The number of alkyl halides is 8. The van der Waals surface area contributed by atoms with Crippen molar-refractivity contribution in [2.45, 2.75) is 98.4 Å². The fourth-order valence-corrected chi connectivity index (χ4v) is 7.98. The first kappa shape index (κ1) is 22.4. The molecule has 2 aliphatic rings. The minimum absolute atomic E-state index is 0.0467. The fourth-order valence-electron chi connectivity index (χ4n) is 3.82. The average molecular weight is 430 g/mol. The van der Waals surface area contributed by atoms with Gasteiger partial charge in [-0.2, -0.15) is 26.3 Å². The van der Waals surface area contributed by atoms with Crippen molar-refractivity contribution in [3.05, 3.63) is 0 Å². The van der Waals surface area contributed by atoms with Gasteiger partial charge in [-0.1, -0.05) is 47.3 Å². The van der Waals surface area contributed by atoms with Gasteiger partial charge in [-0.3, -0.25) is 0 Å². The van der Waals surface area contributed by atoms with E-state index >= 15 is 0 Å². The van der Waals surface area contributed by atoms with Crippen LogP contribution in [-0.4, -0.2) is 34.2 Å². The molecular formula is C16H22F8S2. The lowest BCUT2D eigenvalue weighted by Crippen LogP contribution is -2.46. The summed E-state index contributed by atoms with van der Waals surface area (Å²) in [5.74, 6) is 0. The number of hydrogen-bond acceptors (Lipinski definition) is 2. The second kappa shape index (κ2) is 8.25. The molecule has 0 radical (unpaired) electrons. The quantitative estimate of drug-likeness (QED) is 0.326. The Hall–Kier alpha value is 0.140. The number of hydrogen-bond donors (Lipinski definition) is 0. The van der Waals surface area contributed by atoms with Gasteiger partial charge in [0.25, 0.3) is 0 Å². The van der Waals surface area contributed by atoms with Gasteiger partial charge in [0, 0.05) is 0 Å². The minimum Gasteiger partial charge on any atom is -0.246 e. The van der Waals surface area contributed by atoms with Crippen molar-refractivity contribution in [1.29, 1.82) is 0 Å². The van der Waals surface area contributed by atoms with Crippen LogP contribution in [0, 0.1) is 0 Å². The van der Waals surface area contributed by atoms with Gasteiger partial charge in [0.15, 0.2) is 0 Å². The summed E-state index contributed by atoms with van der Waals surface area (Å²) >= 11 is 0. The molecule has 4 atom stereocenters. The third kappa shape index (κ3) is 5.82. The molecule has 0 aromatic carbocycles. The van der Waals surface area contributed by atoms with Crippen molar-refractivity contribution in [2.24, 2.45) is 0 Å². The third-order valence-corrected chi connectivity index (χ3v) is 9.33. The normalized spacial score (nSPS) is 36.9. The Morgan fingerprint density at radius 3 is 1.27 bits per heavy atom. The van der Waals surface area contributed by atoms with Gasteiger partial charge in [-0.25, -0.2) is 8.78 Å². The molecule has 154 valence electrons. The van der Waals surface area contributed by atoms with E-state index in [0.29, 0.717) is 47.3 Å². The summed E-state index contributed by atoms with van der Waals surface area (Å²) in [6.07, 6.45) is -14.2. The lowest BCUT2D eigenvalue weighted by atomic mass is 9.84. The molecular weight excluding hydrogens is 408 g/mol.